The Labute approximate surface area is 247 Å². The van der Waals surface area contributed by atoms with Gasteiger partial charge in [0, 0.05) is 32.9 Å². The van der Waals surface area contributed by atoms with Gasteiger partial charge in [-0.25, -0.2) is 0 Å². The SMILES string of the molecule is CC(C)[C@H](NC(=O)[C@@H](N)Cc1ccc([O-])cc1)C(=O)N[C@@H](Cc1ccccc1)C(=O)N[C@@H](C[S-])C(=N)[O-].[O-2].[Re]. The molecule has 0 spiro atoms. The zero-order chi connectivity index (χ0) is 27.5. The molecule has 39 heavy (non-hydrogen) atoms. The second kappa shape index (κ2) is 17.6. The van der Waals surface area contributed by atoms with Crippen LogP contribution in [0.5, 0.6) is 5.75 Å². The Morgan fingerprint density at radius 3 is 1.92 bits per heavy atom. The van der Waals surface area contributed by atoms with Crippen LogP contribution in [-0.4, -0.2) is 53.5 Å². The fraction of sp³-hybridized carbons (Fsp3) is 0.385. The van der Waals surface area contributed by atoms with Gasteiger partial charge in [0.05, 0.1) is 6.04 Å². The molecule has 6 N–H and O–H groups in total. The average Bonchev–Trinajstić information content (AvgIpc) is 2.86. The summed E-state index contributed by atoms with van der Waals surface area (Å²) in [5, 5.41) is 37.8. The van der Waals surface area contributed by atoms with E-state index in [2.05, 4.69) is 16.0 Å². The van der Waals surface area contributed by atoms with Crippen LogP contribution >= 0.6 is 0 Å². The van der Waals surface area contributed by atoms with E-state index in [1.165, 1.54) is 12.1 Å². The molecule has 0 aliphatic heterocycles. The number of nitrogens with one attached hydrogen (secondary N) is 4. The molecule has 4 atom stereocenters. The smallest absolute Gasteiger partial charge is 0.243 e. The molecule has 0 saturated heterocycles. The first kappa shape index (κ1) is 36.1. The average molecular weight is 729 g/mol. The monoisotopic (exact) mass is 729 g/mol. The van der Waals surface area contributed by atoms with Crippen LogP contribution in [0.2, 0.25) is 0 Å². The molecule has 0 aliphatic rings. The first-order valence-corrected chi connectivity index (χ1v) is 12.4. The third kappa shape index (κ3) is 11.8. The summed E-state index contributed by atoms with van der Waals surface area (Å²) < 4.78 is 0. The van der Waals surface area contributed by atoms with Crippen molar-refractivity contribution in [3.63, 3.8) is 0 Å². The van der Waals surface area contributed by atoms with Gasteiger partial charge in [0.15, 0.2) is 0 Å². The van der Waals surface area contributed by atoms with Crippen molar-refractivity contribution in [3.8, 4) is 5.75 Å². The van der Waals surface area contributed by atoms with Crippen molar-refractivity contribution in [3.05, 3.63) is 65.7 Å². The van der Waals surface area contributed by atoms with Crippen LogP contribution in [0.1, 0.15) is 25.0 Å². The minimum atomic E-state index is -1.17. The van der Waals surface area contributed by atoms with Gasteiger partial charge < -0.3 is 55.4 Å². The number of amides is 3. The Morgan fingerprint density at radius 2 is 1.41 bits per heavy atom. The van der Waals surface area contributed by atoms with Gasteiger partial charge in [0.25, 0.3) is 0 Å². The maximum Gasteiger partial charge on any atom is 0.243 e. The van der Waals surface area contributed by atoms with Gasteiger partial charge in [-0.2, -0.15) is 5.75 Å². The number of benzene rings is 2. The third-order valence-corrected chi connectivity index (χ3v) is 6.01. The van der Waals surface area contributed by atoms with E-state index < -0.39 is 47.8 Å². The van der Waals surface area contributed by atoms with E-state index in [0.29, 0.717) is 5.56 Å². The molecule has 2 rings (SSSR count). The van der Waals surface area contributed by atoms with E-state index in [-0.39, 0.29) is 56.2 Å². The Bertz CT molecular complexity index is 1070. The molecule has 0 heterocycles. The molecule has 11 nitrogen and oxygen atoms in total. The number of carbonyl (C=O) groups is 3. The normalized spacial score (nSPS) is 13.5. The van der Waals surface area contributed by atoms with Gasteiger partial charge in [-0.05, 0) is 29.4 Å². The van der Waals surface area contributed by atoms with Gasteiger partial charge in [0.2, 0.25) is 17.7 Å². The molecule has 1 radical (unpaired) electrons. The Hall–Kier alpha value is -2.95. The molecule has 2 aromatic rings. The van der Waals surface area contributed by atoms with Crippen LogP contribution in [0.25, 0.3) is 0 Å². The summed E-state index contributed by atoms with van der Waals surface area (Å²) >= 11 is 4.86. The zero-order valence-corrected chi connectivity index (χ0v) is 25.0. The van der Waals surface area contributed by atoms with E-state index >= 15 is 0 Å². The summed E-state index contributed by atoms with van der Waals surface area (Å²) in [6, 6.07) is 10.7. The van der Waals surface area contributed by atoms with E-state index in [9.17, 15) is 24.6 Å². The van der Waals surface area contributed by atoms with Crippen molar-refractivity contribution >= 4 is 36.2 Å². The second-order valence-electron chi connectivity index (χ2n) is 9.03. The molecule has 3 amide bonds. The number of hydrogen-bond donors (Lipinski definition) is 5. The summed E-state index contributed by atoms with van der Waals surface area (Å²) in [6.45, 7) is 3.47. The number of nitrogens with two attached hydrogens (primary N) is 1. The molecule has 2 aromatic carbocycles. The molecule has 0 bridgehead atoms. The van der Waals surface area contributed by atoms with Crippen molar-refractivity contribution in [1.29, 1.82) is 5.41 Å². The van der Waals surface area contributed by atoms with Gasteiger partial charge in [-0.1, -0.05) is 68.4 Å². The van der Waals surface area contributed by atoms with Crippen molar-refractivity contribution in [1.82, 2.24) is 16.0 Å². The van der Waals surface area contributed by atoms with Crippen LogP contribution in [-0.2, 0) is 65.8 Å². The largest absolute Gasteiger partial charge is 2.00 e. The molecule has 13 heteroatoms. The summed E-state index contributed by atoms with van der Waals surface area (Å²) in [4.78, 5) is 39.0. The van der Waals surface area contributed by atoms with Crippen LogP contribution < -0.4 is 31.9 Å². The third-order valence-electron chi connectivity index (χ3n) is 5.68. The zero-order valence-electron chi connectivity index (χ0n) is 21.5. The van der Waals surface area contributed by atoms with Crippen molar-refractivity contribution < 1.29 is 50.5 Å². The summed E-state index contributed by atoms with van der Waals surface area (Å²) in [5.74, 6) is -3.53. The molecule has 0 saturated carbocycles. The number of rotatable bonds is 13. The molecular weight excluding hydrogens is 697 g/mol. The summed E-state index contributed by atoms with van der Waals surface area (Å²) in [7, 11) is 0. The minimum absolute atomic E-state index is 0. The number of hydrogen-bond acceptors (Lipinski definition) is 8. The molecule has 0 aromatic heterocycles. The first-order valence-electron chi connectivity index (χ1n) is 11.8. The molecule has 0 unspecified atom stereocenters. The van der Waals surface area contributed by atoms with E-state index in [1.54, 1.807) is 50.2 Å². The standard InChI is InChI=1S/C26H35N5O5S.O.Re/c1-15(2)22(31-24(34)19(27)12-17-8-10-18(32)11-9-17)26(36)29-20(13-16-6-4-3-5-7-16)25(35)30-21(14-37)23(28)33;;/h3-11,15,19-22,32,37H,12-14,27H2,1-2H3,(H2,28,33)(H,29,36)(H,30,35)(H,31,34);;/q;-2;/p-3/t19-,20-,21-,22-;;/m0../s1. The second-order valence-corrected chi connectivity index (χ2v) is 9.36. The van der Waals surface area contributed by atoms with Crippen LogP contribution in [0, 0.1) is 11.3 Å². The van der Waals surface area contributed by atoms with E-state index in [1.807, 2.05) is 6.07 Å². The predicted octanol–water partition coefficient (Wildman–Crippen LogP) is -1.25. The molecule has 0 aliphatic carbocycles. The van der Waals surface area contributed by atoms with Gasteiger partial charge in [0.1, 0.15) is 12.1 Å². The summed E-state index contributed by atoms with van der Waals surface area (Å²) in [5.41, 5.74) is 7.50. The van der Waals surface area contributed by atoms with Gasteiger partial charge >= 0.3 is 0 Å². The maximum atomic E-state index is 13.2. The Balaban J connectivity index is 0.00000722. The topological polar surface area (TPSA) is 212 Å². The van der Waals surface area contributed by atoms with Crippen molar-refractivity contribution in [2.75, 3.05) is 5.75 Å². The first-order chi connectivity index (χ1) is 17.5. The molecular formula is C26H32N5O6ReS-5. The maximum absolute atomic E-state index is 13.2. The molecule has 215 valence electrons. The van der Waals surface area contributed by atoms with Crippen molar-refractivity contribution in [2.45, 2.75) is 50.9 Å². The van der Waals surface area contributed by atoms with Gasteiger partial charge in [-0.15, -0.1) is 5.75 Å². The molecule has 0 fully saturated rings. The summed E-state index contributed by atoms with van der Waals surface area (Å²) in [6.07, 6.45) is 0.282. The van der Waals surface area contributed by atoms with Crippen LogP contribution in [0.3, 0.4) is 0 Å². The Morgan fingerprint density at radius 1 is 0.872 bits per heavy atom. The predicted molar refractivity (Wildman–Crippen MR) is 139 cm³/mol. The van der Waals surface area contributed by atoms with Crippen LogP contribution in [0.4, 0.5) is 0 Å². The van der Waals surface area contributed by atoms with E-state index in [4.69, 9.17) is 23.8 Å². The quantitative estimate of drug-likeness (QED) is 0.0960. The minimum Gasteiger partial charge on any atom is -2.00 e. The van der Waals surface area contributed by atoms with Crippen molar-refractivity contribution in [2.24, 2.45) is 11.7 Å². The number of carbonyl (C=O) groups excluding carboxylic acids is 3. The van der Waals surface area contributed by atoms with Crippen LogP contribution in [0.15, 0.2) is 54.6 Å². The van der Waals surface area contributed by atoms with Gasteiger partial charge in [-0.3, -0.25) is 14.4 Å². The Kier molecular flexibility index (Phi) is 16.3. The fourth-order valence-corrected chi connectivity index (χ4v) is 3.78. The fourth-order valence-electron chi connectivity index (χ4n) is 3.54. The van der Waals surface area contributed by atoms with E-state index in [0.717, 1.165) is 5.56 Å².